The van der Waals surface area contributed by atoms with Crippen LogP contribution in [0.4, 0.5) is 0 Å². The molecule has 4 heteroatoms. The number of fused-ring (bicyclic) bond motifs is 1. The number of rotatable bonds is 9. The molecule has 0 aliphatic rings. The first-order valence-electron chi connectivity index (χ1n) is 9.71. The van der Waals surface area contributed by atoms with Gasteiger partial charge in [0.15, 0.2) is 0 Å². The highest BCUT2D eigenvalue weighted by Crippen LogP contribution is 2.30. The van der Waals surface area contributed by atoms with Crippen LogP contribution in [0.15, 0.2) is 60.8 Å². The van der Waals surface area contributed by atoms with E-state index in [0.29, 0.717) is 13.2 Å². The number of carbonyl (C=O) groups excluding carboxylic acids is 1. The third-order valence-corrected chi connectivity index (χ3v) is 4.91. The first-order valence-corrected chi connectivity index (χ1v) is 9.71. The van der Waals surface area contributed by atoms with Gasteiger partial charge in [0.25, 0.3) is 0 Å². The average molecular weight is 364 g/mol. The molecule has 1 heterocycles. The number of H-pyrrole nitrogens is 1. The molecular formula is C23H28N2O2. The quantitative estimate of drug-likeness (QED) is 0.544. The molecular weight excluding hydrogens is 336 g/mol. The van der Waals surface area contributed by atoms with Crippen molar-refractivity contribution >= 4 is 16.8 Å². The Morgan fingerprint density at radius 2 is 1.85 bits per heavy atom. The number of ether oxygens (including phenoxy) is 1. The van der Waals surface area contributed by atoms with E-state index in [-0.39, 0.29) is 11.8 Å². The highest BCUT2D eigenvalue weighted by atomic mass is 16.5. The van der Waals surface area contributed by atoms with Gasteiger partial charge in [-0.15, -0.1) is 0 Å². The van der Waals surface area contributed by atoms with Gasteiger partial charge in [-0.2, -0.15) is 0 Å². The van der Waals surface area contributed by atoms with Crippen molar-refractivity contribution in [2.24, 2.45) is 0 Å². The highest BCUT2D eigenvalue weighted by molar-refractivity contribution is 5.84. The third kappa shape index (κ3) is 4.77. The lowest BCUT2D eigenvalue weighted by atomic mass is 9.91. The third-order valence-electron chi connectivity index (χ3n) is 4.91. The second-order valence-electron chi connectivity index (χ2n) is 6.86. The summed E-state index contributed by atoms with van der Waals surface area (Å²) in [5, 5.41) is 4.27. The number of nitrogens with one attached hydrogen (secondary N) is 2. The van der Waals surface area contributed by atoms with Crippen LogP contribution in [0.3, 0.4) is 0 Å². The summed E-state index contributed by atoms with van der Waals surface area (Å²) in [5.41, 5.74) is 3.48. The predicted molar refractivity (Wildman–Crippen MR) is 110 cm³/mol. The number of unbranched alkanes of at least 4 members (excludes halogenated alkanes) is 1. The fourth-order valence-corrected chi connectivity index (χ4v) is 3.30. The minimum atomic E-state index is -0.434. The van der Waals surface area contributed by atoms with Gasteiger partial charge in [-0.3, -0.25) is 4.79 Å². The first kappa shape index (κ1) is 19.2. The Hall–Kier alpha value is -2.59. The molecule has 4 nitrogen and oxygen atoms in total. The molecule has 27 heavy (non-hydrogen) atoms. The molecule has 0 radical (unpaired) electrons. The largest absolute Gasteiger partial charge is 0.369 e. The maximum atomic E-state index is 12.5. The summed E-state index contributed by atoms with van der Waals surface area (Å²) in [6.07, 6.45) is 3.65. The van der Waals surface area contributed by atoms with Crippen molar-refractivity contribution in [3.63, 3.8) is 0 Å². The molecule has 1 amide bonds. The number of benzene rings is 2. The summed E-state index contributed by atoms with van der Waals surface area (Å²) < 4.78 is 5.62. The molecule has 0 spiro atoms. The van der Waals surface area contributed by atoms with E-state index < -0.39 is 6.10 Å². The van der Waals surface area contributed by atoms with Crippen LogP contribution in [0.1, 0.15) is 43.7 Å². The van der Waals surface area contributed by atoms with Crippen LogP contribution in [0.5, 0.6) is 0 Å². The van der Waals surface area contributed by atoms with Gasteiger partial charge < -0.3 is 15.0 Å². The van der Waals surface area contributed by atoms with E-state index >= 15 is 0 Å². The molecule has 0 bridgehead atoms. The maximum absolute atomic E-state index is 12.5. The summed E-state index contributed by atoms with van der Waals surface area (Å²) >= 11 is 0. The fourth-order valence-electron chi connectivity index (χ4n) is 3.30. The Balaban J connectivity index is 1.77. The molecule has 0 aliphatic carbocycles. The van der Waals surface area contributed by atoms with Gasteiger partial charge in [-0.05, 0) is 30.5 Å². The van der Waals surface area contributed by atoms with Gasteiger partial charge in [0.1, 0.15) is 6.10 Å². The summed E-state index contributed by atoms with van der Waals surface area (Å²) in [6.45, 7) is 5.08. The summed E-state index contributed by atoms with van der Waals surface area (Å²) in [4.78, 5) is 15.8. The van der Waals surface area contributed by atoms with Gasteiger partial charge in [-0.25, -0.2) is 0 Å². The highest BCUT2D eigenvalue weighted by Gasteiger charge is 2.20. The molecule has 2 aromatic carbocycles. The van der Waals surface area contributed by atoms with Crippen LogP contribution in [0, 0.1) is 0 Å². The predicted octanol–water partition coefficient (Wildman–Crippen LogP) is 4.62. The molecule has 3 rings (SSSR count). The lowest BCUT2D eigenvalue weighted by Gasteiger charge is -2.20. The summed E-state index contributed by atoms with van der Waals surface area (Å²) in [5.74, 6) is 0.0148. The van der Waals surface area contributed by atoms with Crippen molar-refractivity contribution < 1.29 is 9.53 Å². The van der Waals surface area contributed by atoms with E-state index in [1.807, 2.05) is 37.3 Å². The Bertz CT molecular complexity index is 857. The number of hydrogen-bond acceptors (Lipinski definition) is 2. The molecule has 142 valence electrons. The zero-order chi connectivity index (χ0) is 19.1. The first-order chi connectivity index (χ1) is 13.2. The van der Waals surface area contributed by atoms with Crippen LogP contribution in [0.2, 0.25) is 0 Å². The number of aromatic nitrogens is 1. The van der Waals surface area contributed by atoms with Crippen LogP contribution in [0.25, 0.3) is 10.9 Å². The van der Waals surface area contributed by atoms with Gasteiger partial charge >= 0.3 is 0 Å². The molecule has 2 atom stereocenters. The standard InChI is InChI=1S/C23H28N2O2/c1-3-4-14-27-17(2)23(26)25-15-20(18-10-6-5-7-11-18)21-16-24-22-13-9-8-12-19(21)22/h5-13,16-17,20,24H,3-4,14-15H2,1-2H3,(H,25,26). The van der Waals surface area contributed by atoms with Crippen LogP contribution >= 0.6 is 0 Å². The monoisotopic (exact) mass is 364 g/mol. The van der Waals surface area contributed by atoms with E-state index in [1.165, 1.54) is 16.5 Å². The topological polar surface area (TPSA) is 54.1 Å². The molecule has 0 saturated heterocycles. The molecule has 2 unspecified atom stereocenters. The van der Waals surface area contributed by atoms with E-state index in [9.17, 15) is 4.79 Å². The lowest BCUT2D eigenvalue weighted by Crippen LogP contribution is -2.37. The molecule has 0 fully saturated rings. The van der Waals surface area contributed by atoms with Crippen molar-refractivity contribution in [1.29, 1.82) is 0 Å². The van der Waals surface area contributed by atoms with Gasteiger partial charge in [0.2, 0.25) is 5.91 Å². The minimum absolute atomic E-state index is 0.0631. The zero-order valence-electron chi connectivity index (χ0n) is 16.1. The van der Waals surface area contributed by atoms with Crippen LogP contribution < -0.4 is 5.32 Å². The van der Waals surface area contributed by atoms with Gasteiger partial charge in [0.05, 0.1) is 0 Å². The Morgan fingerprint density at radius 3 is 2.63 bits per heavy atom. The van der Waals surface area contributed by atoms with Gasteiger partial charge in [-0.1, -0.05) is 61.9 Å². The van der Waals surface area contributed by atoms with Crippen molar-refractivity contribution in [2.45, 2.75) is 38.7 Å². The Morgan fingerprint density at radius 1 is 1.11 bits per heavy atom. The number of hydrogen-bond donors (Lipinski definition) is 2. The van der Waals surface area contributed by atoms with Gasteiger partial charge in [0, 0.05) is 36.2 Å². The number of carbonyl (C=O) groups is 1. The molecule has 1 aromatic heterocycles. The fraction of sp³-hybridized carbons (Fsp3) is 0.348. The average Bonchev–Trinajstić information content (AvgIpc) is 3.13. The van der Waals surface area contributed by atoms with Crippen molar-refractivity contribution in [2.75, 3.05) is 13.2 Å². The van der Waals surface area contributed by atoms with E-state index in [2.05, 4.69) is 47.7 Å². The number of para-hydroxylation sites is 1. The number of aromatic amines is 1. The summed E-state index contributed by atoms with van der Waals surface area (Å²) in [7, 11) is 0. The minimum Gasteiger partial charge on any atom is -0.369 e. The van der Waals surface area contributed by atoms with E-state index in [0.717, 1.165) is 18.4 Å². The molecule has 2 N–H and O–H groups in total. The maximum Gasteiger partial charge on any atom is 0.248 e. The molecule has 0 aliphatic heterocycles. The zero-order valence-corrected chi connectivity index (χ0v) is 16.1. The Labute approximate surface area is 160 Å². The van der Waals surface area contributed by atoms with E-state index in [4.69, 9.17) is 4.74 Å². The van der Waals surface area contributed by atoms with Crippen molar-refractivity contribution in [3.05, 3.63) is 71.9 Å². The second-order valence-corrected chi connectivity index (χ2v) is 6.86. The second kappa shape index (κ2) is 9.38. The Kier molecular flexibility index (Phi) is 6.66. The number of amides is 1. The molecule has 0 saturated carbocycles. The smallest absolute Gasteiger partial charge is 0.248 e. The normalized spacial score (nSPS) is 13.4. The van der Waals surface area contributed by atoms with Crippen molar-refractivity contribution in [3.8, 4) is 0 Å². The van der Waals surface area contributed by atoms with Crippen LogP contribution in [-0.4, -0.2) is 30.1 Å². The van der Waals surface area contributed by atoms with Crippen molar-refractivity contribution in [1.82, 2.24) is 10.3 Å². The lowest BCUT2D eigenvalue weighted by molar-refractivity contribution is -0.131. The SMILES string of the molecule is CCCCOC(C)C(=O)NCC(c1ccccc1)c1c[nH]c2ccccc12. The van der Waals surface area contributed by atoms with E-state index in [1.54, 1.807) is 0 Å². The molecule has 3 aromatic rings. The van der Waals surface area contributed by atoms with Crippen LogP contribution in [-0.2, 0) is 9.53 Å². The summed E-state index contributed by atoms with van der Waals surface area (Å²) in [6, 6.07) is 18.6.